The van der Waals surface area contributed by atoms with Crippen LogP contribution >= 0.6 is 23.1 Å². The van der Waals surface area contributed by atoms with E-state index in [4.69, 9.17) is 5.73 Å². The summed E-state index contributed by atoms with van der Waals surface area (Å²) < 4.78 is 0. The number of hydrogen-bond donors (Lipinski definition) is 2. The molecule has 1 aliphatic rings. The molecule has 0 aromatic carbocycles. The minimum absolute atomic E-state index is 0.0384. The van der Waals surface area contributed by atoms with E-state index in [1.165, 1.54) is 24.2 Å². The Kier molecular flexibility index (Phi) is 6.16. The van der Waals surface area contributed by atoms with E-state index in [2.05, 4.69) is 23.4 Å². The molecule has 0 radical (unpaired) electrons. The third-order valence-corrected chi connectivity index (χ3v) is 6.08. The van der Waals surface area contributed by atoms with Gasteiger partial charge < -0.3 is 11.1 Å². The molecule has 3 N–H and O–H groups in total. The van der Waals surface area contributed by atoms with Crippen LogP contribution in [-0.2, 0) is 0 Å². The number of thiophene rings is 1. The van der Waals surface area contributed by atoms with Crippen LogP contribution in [0.3, 0.4) is 0 Å². The van der Waals surface area contributed by atoms with Gasteiger partial charge in [-0.2, -0.15) is 11.8 Å². The van der Waals surface area contributed by atoms with Gasteiger partial charge in [-0.15, -0.1) is 11.3 Å². The van der Waals surface area contributed by atoms with Gasteiger partial charge in [-0.25, -0.2) is 0 Å². The number of carbonyl (C=O) groups excluding carboxylic acids is 1. The first-order valence-electron chi connectivity index (χ1n) is 7.27. The smallest absolute Gasteiger partial charge is 0.261 e. The van der Waals surface area contributed by atoms with E-state index in [1.54, 1.807) is 0 Å². The van der Waals surface area contributed by atoms with Crippen molar-refractivity contribution in [1.29, 1.82) is 0 Å². The van der Waals surface area contributed by atoms with E-state index < -0.39 is 0 Å². The predicted octanol–water partition coefficient (Wildman–Crippen LogP) is 2.77. The minimum atomic E-state index is 0.0384. The molecule has 0 atom stereocenters. The highest BCUT2D eigenvalue weighted by Crippen LogP contribution is 2.27. The van der Waals surface area contributed by atoms with Crippen molar-refractivity contribution in [2.24, 2.45) is 5.73 Å². The van der Waals surface area contributed by atoms with E-state index in [1.807, 2.05) is 24.8 Å². The highest BCUT2D eigenvalue weighted by Gasteiger charge is 2.22. The Morgan fingerprint density at radius 3 is 2.81 bits per heavy atom. The fourth-order valence-electron chi connectivity index (χ4n) is 2.55. The normalized spacial score (nSPS) is 21.5. The van der Waals surface area contributed by atoms with E-state index in [0.29, 0.717) is 12.6 Å². The van der Waals surface area contributed by atoms with Crippen LogP contribution in [0, 0.1) is 18.8 Å². The second kappa shape index (κ2) is 7.88. The fraction of sp³-hybridized carbons (Fsp3) is 0.562. The highest BCUT2D eigenvalue weighted by atomic mass is 32.2. The Labute approximate surface area is 135 Å². The van der Waals surface area contributed by atoms with Crippen LogP contribution in [0.4, 0.5) is 0 Å². The minimum Gasteiger partial charge on any atom is -0.349 e. The van der Waals surface area contributed by atoms with Gasteiger partial charge in [0.1, 0.15) is 0 Å². The molecule has 0 bridgehead atoms. The van der Waals surface area contributed by atoms with Crippen LogP contribution in [0.5, 0.6) is 0 Å². The topological polar surface area (TPSA) is 55.1 Å². The van der Waals surface area contributed by atoms with E-state index >= 15 is 0 Å². The molecule has 1 fully saturated rings. The van der Waals surface area contributed by atoms with E-state index in [-0.39, 0.29) is 5.91 Å². The first kappa shape index (κ1) is 16.4. The molecule has 114 valence electrons. The number of nitrogens with one attached hydrogen (secondary N) is 1. The molecule has 1 aromatic heterocycles. The van der Waals surface area contributed by atoms with Crippen molar-refractivity contribution in [1.82, 2.24) is 5.32 Å². The lowest BCUT2D eigenvalue weighted by Crippen LogP contribution is -2.37. The largest absolute Gasteiger partial charge is 0.349 e. The molecule has 2 rings (SSSR count). The maximum atomic E-state index is 12.3. The number of nitrogens with two attached hydrogens (primary N) is 1. The van der Waals surface area contributed by atoms with Crippen molar-refractivity contribution < 1.29 is 4.79 Å². The monoisotopic (exact) mass is 322 g/mol. The molecule has 1 amide bonds. The van der Waals surface area contributed by atoms with Gasteiger partial charge in [0.05, 0.1) is 16.3 Å². The lowest BCUT2D eigenvalue weighted by atomic mass is 9.95. The summed E-state index contributed by atoms with van der Waals surface area (Å²) in [7, 11) is 0. The molecule has 5 heteroatoms. The SMILES string of the molecule is CSC1CCC(NC(=O)c2cc(C)c(C#CCN)s2)CC1. The third-order valence-electron chi connectivity index (χ3n) is 3.79. The average molecular weight is 322 g/mol. The number of aryl methyl sites for hydroxylation is 1. The summed E-state index contributed by atoms with van der Waals surface area (Å²) in [5.74, 6) is 5.91. The number of amides is 1. The van der Waals surface area contributed by atoms with Crippen molar-refractivity contribution in [2.75, 3.05) is 12.8 Å². The van der Waals surface area contributed by atoms with Gasteiger partial charge in [-0.3, -0.25) is 4.79 Å². The zero-order valence-corrected chi connectivity index (χ0v) is 14.2. The van der Waals surface area contributed by atoms with Crippen molar-refractivity contribution in [3.63, 3.8) is 0 Å². The van der Waals surface area contributed by atoms with Crippen molar-refractivity contribution in [3.05, 3.63) is 21.4 Å². The molecular weight excluding hydrogens is 300 g/mol. The first-order chi connectivity index (χ1) is 10.1. The summed E-state index contributed by atoms with van der Waals surface area (Å²) in [6.45, 7) is 2.33. The van der Waals surface area contributed by atoms with Crippen molar-refractivity contribution in [3.8, 4) is 11.8 Å². The first-order valence-corrected chi connectivity index (χ1v) is 9.37. The lowest BCUT2D eigenvalue weighted by molar-refractivity contribution is 0.0932. The van der Waals surface area contributed by atoms with Gasteiger partial charge in [0.25, 0.3) is 5.91 Å². The quantitative estimate of drug-likeness (QED) is 0.841. The molecular formula is C16H22N2OS2. The van der Waals surface area contributed by atoms with E-state index in [9.17, 15) is 4.79 Å². The second-order valence-electron chi connectivity index (χ2n) is 5.31. The van der Waals surface area contributed by atoms with Crippen LogP contribution in [0.1, 0.15) is 45.8 Å². The molecule has 0 unspecified atom stereocenters. The standard InChI is InChI=1S/C16H22N2OS2/c1-11-10-15(21-14(11)4-3-9-17)16(19)18-12-5-7-13(20-2)8-6-12/h10,12-13H,5-9,17H2,1-2H3,(H,18,19). The van der Waals surface area contributed by atoms with Gasteiger partial charge in [-0.1, -0.05) is 11.8 Å². The van der Waals surface area contributed by atoms with Gasteiger partial charge in [0.2, 0.25) is 0 Å². The zero-order valence-electron chi connectivity index (χ0n) is 12.6. The molecule has 3 nitrogen and oxygen atoms in total. The van der Waals surface area contributed by atoms with Gasteiger partial charge in [0, 0.05) is 11.3 Å². The number of rotatable bonds is 3. The second-order valence-corrected chi connectivity index (χ2v) is 7.50. The number of thioether (sulfide) groups is 1. The average Bonchev–Trinajstić information content (AvgIpc) is 2.87. The molecule has 1 aliphatic carbocycles. The lowest BCUT2D eigenvalue weighted by Gasteiger charge is -2.27. The molecule has 21 heavy (non-hydrogen) atoms. The summed E-state index contributed by atoms with van der Waals surface area (Å²) in [6.07, 6.45) is 6.73. The van der Waals surface area contributed by atoms with Gasteiger partial charge in [0.15, 0.2) is 0 Å². The van der Waals surface area contributed by atoms with Crippen LogP contribution < -0.4 is 11.1 Å². The van der Waals surface area contributed by atoms with Gasteiger partial charge >= 0.3 is 0 Å². The molecule has 0 spiro atoms. The Balaban J connectivity index is 1.95. The van der Waals surface area contributed by atoms with Gasteiger partial charge in [-0.05, 0) is 50.5 Å². The summed E-state index contributed by atoms with van der Waals surface area (Å²) in [4.78, 5) is 14.0. The van der Waals surface area contributed by atoms with Crippen molar-refractivity contribution in [2.45, 2.75) is 43.9 Å². The Morgan fingerprint density at radius 1 is 1.48 bits per heavy atom. The summed E-state index contributed by atoms with van der Waals surface area (Å²) in [6, 6.07) is 2.25. The predicted molar refractivity (Wildman–Crippen MR) is 92.0 cm³/mol. The van der Waals surface area contributed by atoms with E-state index in [0.717, 1.165) is 33.4 Å². The van der Waals surface area contributed by atoms with Crippen LogP contribution in [0.25, 0.3) is 0 Å². The number of hydrogen-bond acceptors (Lipinski definition) is 4. The molecule has 0 aliphatic heterocycles. The van der Waals surface area contributed by atoms with Crippen LogP contribution in [0.15, 0.2) is 6.07 Å². The van der Waals surface area contributed by atoms with Crippen LogP contribution in [0.2, 0.25) is 0 Å². The Bertz CT molecular complexity index is 548. The zero-order chi connectivity index (χ0) is 15.2. The fourth-order valence-corrected chi connectivity index (χ4v) is 4.24. The Hall–Kier alpha value is -0.960. The maximum absolute atomic E-state index is 12.3. The molecule has 0 saturated heterocycles. The maximum Gasteiger partial charge on any atom is 0.261 e. The molecule has 1 saturated carbocycles. The third kappa shape index (κ3) is 4.50. The summed E-state index contributed by atoms with van der Waals surface area (Å²) in [5.41, 5.74) is 6.44. The summed E-state index contributed by atoms with van der Waals surface area (Å²) in [5, 5.41) is 3.93. The summed E-state index contributed by atoms with van der Waals surface area (Å²) >= 11 is 3.40. The molecule has 1 aromatic rings. The molecule has 1 heterocycles. The number of carbonyl (C=O) groups is 1. The highest BCUT2D eigenvalue weighted by molar-refractivity contribution is 7.99. The Morgan fingerprint density at radius 2 is 2.19 bits per heavy atom. The van der Waals surface area contributed by atoms with Crippen molar-refractivity contribution >= 4 is 29.0 Å². The van der Waals surface area contributed by atoms with Crippen LogP contribution in [-0.4, -0.2) is 30.0 Å².